The van der Waals surface area contributed by atoms with Crippen LogP contribution in [0.25, 0.3) is 0 Å². The Bertz CT molecular complexity index is 779. The number of carbonyl (C=O) groups is 2. The van der Waals surface area contributed by atoms with E-state index in [2.05, 4.69) is 10.4 Å². The van der Waals surface area contributed by atoms with Crippen molar-refractivity contribution in [2.45, 2.75) is 25.9 Å². The molecule has 1 aliphatic rings. The van der Waals surface area contributed by atoms with Crippen LogP contribution in [0.15, 0.2) is 36.7 Å². The molecular weight excluding hydrogens is 330 g/mol. The van der Waals surface area contributed by atoms with Crippen molar-refractivity contribution in [3.8, 4) is 0 Å². The molecule has 0 aliphatic carbocycles. The Balaban J connectivity index is 1.62. The van der Waals surface area contributed by atoms with Crippen LogP contribution in [0.1, 0.15) is 13.3 Å². The molecule has 2 aromatic rings. The number of hydrogen-bond donors (Lipinski definition) is 1. The van der Waals surface area contributed by atoms with E-state index in [1.165, 1.54) is 11.0 Å². The standard InChI is InChI=1S/C17H18F2N4O2/c1-11(9-22-6-2-5-20-22)21-17(25)12-7-16(24)23(10-12)15-4-3-13(18)8-14(15)19/h2-6,8,11-12H,7,9-10H2,1H3,(H,21,25)/t11-,12+/m0/s1. The predicted molar refractivity (Wildman–Crippen MR) is 86.6 cm³/mol. The van der Waals surface area contributed by atoms with Gasteiger partial charge in [0.15, 0.2) is 0 Å². The quantitative estimate of drug-likeness (QED) is 0.895. The van der Waals surface area contributed by atoms with Crippen molar-refractivity contribution < 1.29 is 18.4 Å². The lowest BCUT2D eigenvalue weighted by Gasteiger charge is -2.19. The van der Waals surface area contributed by atoms with Crippen LogP contribution in [0.2, 0.25) is 0 Å². The van der Waals surface area contributed by atoms with Crippen LogP contribution in [0.5, 0.6) is 0 Å². The van der Waals surface area contributed by atoms with Gasteiger partial charge < -0.3 is 10.2 Å². The predicted octanol–water partition coefficient (Wildman–Crippen LogP) is 1.72. The summed E-state index contributed by atoms with van der Waals surface area (Å²) < 4.78 is 28.6. The second-order valence-electron chi connectivity index (χ2n) is 6.14. The second-order valence-corrected chi connectivity index (χ2v) is 6.14. The number of carbonyl (C=O) groups excluding carboxylic acids is 2. The van der Waals surface area contributed by atoms with Crippen LogP contribution in [0.3, 0.4) is 0 Å². The zero-order valence-electron chi connectivity index (χ0n) is 13.7. The average Bonchev–Trinajstić information content (AvgIpc) is 3.17. The maximum Gasteiger partial charge on any atom is 0.227 e. The summed E-state index contributed by atoms with van der Waals surface area (Å²) in [5, 5.41) is 6.92. The maximum absolute atomic E-state index is 13.9. The van der Waals surface area contributed by atoms with Gasteiger partial charge in [0.25, 0.3) is 0 Å². The average molecular weight is 348 g/mol. The Morgan fingerprint density at radius 2 is 2.24 bits per heavy atom. The molecule has 0 unspecified atom stereocenters. The minimum absolute atomic E-state index is 0.00284. The fourth-order valence-corrected chi connectivity index (χ4v) is 2.91. The Morgan fingerprint density at radius 1 is 1.44 bits per heavy atom. The van der Waals surface area contributed by atoms with E-state index in [0.29, 0.717) is 6.54 Å². The highest BCUT2D eigenvalue weighted by Crippen LogP contribution is 2.28. The highest BCUT2D eigenvalue weighted by molar-refractivity contribution is 6.00. The van der Waals surface area contributed by atoms with Gasteiger partial charge in [0, 0.05) is 37.5 Å². The summed E-state index contributed by atoms with van der Waals surface area (Å²) in [5.74, 6) is -2.73. The van der Waals surface area contributed by atoms with E-state index >= 15 is 0 Å². The van der Waals surface area contributed by atoms with Crippen LogP contribution in [-0.2, 0) is 16.1 Å². The summed E-state index contributed by atoms with van der Waals surface area (Å²) in [4.78, 5) is 25.7. The van der Waals surface area contributed by atoms with Gasteiger partial charge in [-0.15, -0.1) is 0 Å². The largest absolute Gasteiger partial charge is 0.351 e. The molecule has 0 radical (unpaired) electrons. The topological polar surface area (TPSA) is 67.2 Å². The molecule has 1 saturated heterocycles. The molecule has 0 spiro atoms. The fourth-order valence-electron chi connectivity index (χ4n) is 2.91. The Labute approximate surface area is 143 Å². The highest BCUT2D eigenvalue weighted by atomic mass is 19.1. The van der Waals surface area contributed by atoms with Gasteiger partial charge >= 0.3 is 0 Å². The number of halogens is 2. The fraction of sp³-hybridized carbons (Fsp3) is 0.353. The van der Waals surface area contributed by atoms with Crippen LogP contribution < -0.4 is 10.2 Å². The molecule has 3 rings (SSSR count). The van der Waals surface area contributed by atoms with Crippen molar-refractivity contribution in [1.29, 1.82) is 0 Å². The van der Waals surface area contributed by atoms with Crippen molar-refractivity contribution in [2.75, 3.05) is 11.4 Å². The first kappa shape index (κ1) is 17.1. The Hall–Kier alpha value is -2.77. The van der Waals surface area contributed by atoms with Crippen LogP contribution in [0.4, 0.5) is 14.5 Å². The first-order valence-corrected chi connectivity index (χ1v) is 7.97. The van der Waals surface area contributed by atoms with Gasteiger partial charge in [0.2, 0.25) is 11.8 Å². The number of aromatic nitrogens is 2. The summed E-state index contributed by atoms with van der Waals surface area (Å²) >= 11 is 0. The highest BCUT2D eigenvalue weighted by Gasteiger charge is 2.36. The number of nitrogens with one attached hydrogen (secondary N) is 1. The minimum atomic E-state index is -0.818. The molecule has 2 atom stereocenters. The molecule has 1 aliphatic heterocycles. The molecule has 25 heavy (non-hydrogen) atoms. The zero-order valence-corrected chi connectivity index (χ0v) is 13.7. The van der Waals surface area contributed by atoms with Crippen molar-refractivity contribution in [3.63, 3.8) is 0 Å². The molecule has 8 heteroatoms. The molecule has 1 N–H and O–H groups in total. The Kier molecular flexibility index (Phi) is 4.78. The number of rotatable bonds is 5. The molecular formula is C17H18F2N4O2. The van der Waals surface area contributed by atoms with E-state index < -0.39 is 17.6 Å². The summed E-state index contributed by atoms with van der Waals surface area (Å²) in [6, 6.07) is 4.65. The van der Waals surface area contributed by atoms with E-state index in [9.17, 15) is 18.4 Å². The molecule has 1 aromatic carbocycles. The van der Waals surface area contributed by atoms with Crippen LogP contribution in [-0.4, -0.2) is 34.2 Å². The Morgan fingerprint density at radius 3 is 2.92 bits per heavy atom. The molecule has 2 amide bonds. The lowest BCUT2D eigenvalue weighted by molar-refractivity contribution is -0.126. The second kappa shape index (κ2) is 7.00. The van der Waals surface area contributed by atoms with Gasteiger partial charge in [-0.25, -0.2) is 8.78 Å². The number of nitrogens with zero attached hydrogens (tertiary/aromatic N) is 3. The van der Waals surface area contributed by atoms with E-state index in [4.69, 9.17) is 0 Å². The minimum Gasteiger partial charge on any atom is -0.351 e. The van der Waals surface area contributed by atoms with Gasteiger partial charge in [-0.1, -0.05) is 0 Å². The third-order valence-electron chi connectivity index (χ3n) is 4.11. The van der Waals surface area contributed by atoms with E-state index in [1.807, 2.05) is 6.92 Å². The summed E-state index contributed by atoms with van der Waals surface area (Å²) in [7, 11) is 0. The van der Waals surface area contributed by atoms with Crippen molar-refractivity contribution in [2.24, 2.45) is 5.92 Å². The van der Waals surface area contributed by atoms with Gasteiger partial charge in [-0.3, -0.25) is 14.3 Å². The maximum atomic E-state index is 13.9. The van der Waals surface area contributed by atoms with Gasteiger partial charge in [-0.2, -0.15) is 5.10 Å². The molecule has 6 nitrogen and oxygen atoms in total. The van der Waals surface area contributed by atoms with Crippen LogP contribution in [0, 0.1) is 17.6 Å². The summed E-state index contributed by atoms with van der Waals surface area (Å²) in [6.07, 6.45) is 3.44. The smallest absolute Gasteiger partial charge is 0.227 e. The first-order valence-electron chi connectivity index (χ1n) is 7.97. The van der Waals surface area contributed by atoms with Gasteiger partial charge in [-0.05, 0) is 25.1 Å². The number of benzene rings is 1. The van der Waals surface area contributed by atoms with E-state index in [-0.39, 0.29) is 36.5 Å². The summed E-state index contributed by atoms with van der Waals surface area (Å²) in [5.41, 5.74) is -0.00807. The molecule has 1 fully saturated rings. The third kappa shape index (κ3) is 3.84. The van der Waals surface area contributed by atoms with Crippen LogP contribution >= 0.6 is 0 Å². The SMILES string of the molecule is C[C@@H](Cn1cccn1)NC(=O)[C@@H]1CC(=O)N(c2ccc(F)cc2F)C1. The summed E-state index contributed by atoms with van der Waals surface area (Å²) in [6.45, 7) is 2.42. The third-order valence-corrected chi connectivity index (χ3v) is 4.11. The lowest BCUT2D eigenvalue weighted by Crippen LogP contribution is -2.40. The molecule has 1 aromatic heterocycles. The molecule has 132 valence electrons. The zero-order chi connectivity index (χ0) is 18.0. The number of anilines is 1. The number of amides is 2. The van der Waals surface area contributed by atoms with Crippen molar-refractivity contribution in [3.05, 3.63) is 48.3 Å². The van der Waals surface area contributed by atoms with Crippen molar-refractivity contribution in [1.82, 2.24) is 15.1 Å². The van der Waals surface area contributed by atoms with Crippen molar-refractivity contribution >= 4 is 17.5 Å². The lowest BCUT2D eigenvalue weighted by atomic mass is 10.1. The number of hydrogen-bond acceptors (Lipinski definition) is 3. The van der Waals surface area contributed by atoms with Gasteiger partial charge in [0.1, 0.15) is 11.6 Å². The normalized spacial score (nSPS) is 18.4. The van der Waals surface area contributed by atoms with E-state index in [0.717, 1.165) is 12.1 Å². The molecule has 0 saturated carbocycles. The monoisotopic (exact) mass is 348 g/mol. The van der Waals surface area contributed by atoms with E-state index in [1.54, 1.807) is 23.1 Å². The first-order chi connectivity index (χ1) is 11.9. The molecule has 2 heterocycles. The van der Waals surface area contributed by atoms with Gasteiger partial charge in [0.05, 0.1) is 18.2 Å². The molecule has 0 bridgehead atoms.